The van der Waals surface area contributed by atoms with Gasteiger partial charge in [0, 0.05) is 20.3 Å². The van der Waals surface area contributed by atoms with Gasteiger partial charge in [0.25, 0.3) is 0 Å². The highest BCUT2D eigenvalue weighted by Crippen LogP contribution is 2.21. The Labute approximate surface area is 55.8 Å². The molecule has 0 aromatic rings. The molecule has 0 fully saturated rings. The molecular formula is C7H14NO+. The van der Waals surface area contributed by atoms with Crippen molar-refractivity contribution >= 4 is 5.90 Å². The van der Waals surface area contributed by atoms with Crippen LogP contribution in [0.3, 0.4) is 0 Å². The Hall–Kier alpha value is -0.530. The van der Waals surface area contributed by atoms with Crippen LogP contribution in [0.5, 0.6) is 0 Å². The molecular weight excluding hydrogens is 114 g/mol. The molecule has 0 saturated heterocycles. The van der Waals surface area contributed by atoms with Crippen molar-refractivity contribution in [3.8, 4) is 0 Å². The summed E-state index contributed by atoms with van der Waals surface area (Å²) >= 11 is 0. The summed E-state index contributed by atoms with van der Waals surface area (Å²) in [6.07, 6.45) is 1.90. The number of rotatable bonds is 0. The van der Waals surface area contributed by atoms with E-state index in [1.807, 2.05) is 11.6 Å². The van der Waals surface area contributed by atoms with E-state index in [0.29, 0.717) is 5.90 Å². The molecule has 1 rings (SSSR count). The van der Waals surface area contributed by atoms with Crippen LogP contribution in [0.1, 0.15) is 26.7 Å². The molecule has 0 radical (unpaired) electrons. The van der Waals surface area contributed by atoms with Crippen LogP contribution in [-0.4, -0.2) is 28.2 Å². The topological polar surface area (TPSA) is 23.2 Å². The number of hydrogen-bond acceptors (Lipinski definition) is 0. The van der Waals surface area contributed by atoms with Gasteiger partial charge in [-0.3, -0.25) is 0 Å². The highest BCUT2D eigenvalue weighted by atomic mass is 16.3. The van der Waals surface area contributed by atoms with Gasteiger partial charge < -0.3 is 5.11 Å². The average molecular weight is 128 g/mol. The van der Waals surface area contributed by atoms with Crippen LogP contribution >= 0.6 is 0 Å². The predicted octanol–water partition coefficient (Wildman–Crippen LogP) is 1.16. The Bertz CT molecular complexity index is 158. The Balaban J connectivity index is 2.88. The van der Waals surface area contributed by atoms with Gasteiger partial charge in [0.1, 0.15) is 7.05 Å². The van der Waals surface area contributed by atoms with E-state index < -0.39 is 0 Å². The van der Waals surface area contributed by atoms with E-state index in [-0.39, 0.29) is 5.54 Å². The van der Waals surface area contributed by atoms with Crippen molar-refractivity contribution in [2.24, 2.45) is 0 Å². The third kappa shape index (κ3) is 0.934. The van der Waals surface area contributed by atoms with E-state index >= 15 is 0 Å². The Kier molecular flexibility index (Phi) is 1.26. The smallest absolute Gasteiger partial charge is 0.334 e. The molecule has 0 bridgehead atoms. The largest absolute Gasteiger partial charge is 0.464 e. The summed E-state index contributed by atoms with van der Waals surface area (Å²) in [5.41, 5.74) is 0.171. The average Bonchev–Trinajstić information content (AvgIpc) is 1.97. The standard InChI is InChI=1S/C7H13NO/c1-7(2)5-4-6(9)8(7)3/h4-5H2,1-3H3/p+1. The fourth-order valence-electron chi connectivity index (χ4n) is 1.10. The van der Waals surface area contributed by atoms with Gasteiger partial charge in [-0.15, -0.1) is 0 Å². The summed E-state index contributed by atoms with van der Waals surface area (Å²) in [7, 11) is 1.93. The molecule has 9 heavy (non-hydrogen) atoms. The first-order chi connectivity index (χ1) is 4.04. The first-order valence-electron chi connectivity index (χ1n) is 3.33. The maximum absolute atomic E-state index is 9.18. The fourth-order valence-corrected chi connectivity index (χ4v) is 1.10. The maximum atomic E-state index is 9.18. The molecule has 0 amide bonds. The van der Waals surface area contributed by atoms with Crippen molar-refractivity contribution in [1.82, 2.24) is 0 Å². The zero-order valence-corrected chi connectivity index (χ0v) is 6.31. The van der Waals surface area contributed by atoms with Gasteiger partial charge in [0.15, 0.2) is 5.54 Å². The molecule has 0 aromatic heterocycles. The van der Waals surface area contributed by atoms with E-state index in [2.05, 4.69) is 13.8 Å². The van der Waals surface area contributed by atoms with Crippen LogP contribution in [0.15, 0.2) is 0 Å². The highest BCUT2D eigenvalue weighted by molar-refractivity contribution is 5.69. The SMILES string of the molecule is C[N+]1=C(O)CCC1(C)C. The predicted molar refractivity (Wildman–Crippen MR) is 37.1 cm³/mol. The third-order valence-electron chi connectivity index (χ3n) is 2.26. The van der Waals surface area contributed by atoms with Gasteiger partial charge in [-0.25, -0.2) is 4.58 Å². The summed E-state index contributed by atoms with van der Waals surface area (Å²) in [6.45, 7) is 4.27. The molecule has 1 heterocycles. The minimum Gasteiger partial charge on any atom is -0.464 e. The Morgan fingerprint density at radius 2 is 2.11 bits per heavy atom. The van der Waals surface area contributed by atoms with Crippen LogP contribution in [0.2, 0.25) is 0 Å². The molecule has 0 saturated carbocycles. The molecule has 1 N–H and O–H groups in total. The summed E-state index contributed by atoms with van der Waals surface area (Å²) < 4.78 is 1.94. The fraction of sp³-hybridized carbons (Fsp3) is 0.857. The molecule has 2 heteroatoms. The van der Waals surface area contributed by atoms with E-state index in [1.54, 1.807) is 0 Å². The van der Waals surface area contributed by atoms with Gasteiger partial charge >= 0.3 is 5.90 Å². The van der Waals surface area contributed by atoms with Crippen LogP contribution < -0.4 is 0 Å². The zero-order chi connectivity index (χ0) is 7.07. The van der Waals surface area contributed by atoms with Crippen molar-refractivity contribution in [1.29, 1.82) is 0 Å². The molecule has 52 valence electrons. The Morgan fingerprint density at radius 3 is 2.22 bits per heavy atom. The zero-order valence-electron chi connectivity index (χ0n) is 6.31. The molecule has 1 aliphatic heterocycles. The summed E-state index contributed by atoms with van der Waals surface area (Å²) in [5, 5.41) is 9.18. The van der Waals surface area contributed by atoms with Gasteiger partial charge in [-0.2, -0.15) is 0 Å². The Morgan fingerprint density at radius 1 is 1.56 bits per heavy atom. The second kappa shape index (κ2) is 1.72. The first kappa shape index (κ1) is 6.59. The van der Waals surface area contributed by atoms with Crippen molar-refractivity contribution in [2.45, 2.75) is 32.2 Å². The lowest BCUT2D eigenvalue weighted by Gasteiger charge is -2.11. The first-order valence-corrected chi connectivity index (χ1v) is 3.33. The molecule has 0 aromatic carbocycles. The molecule has 0 atom stereocenters. The second-order valence-electron chi connectivity index (χ2n) is 3.29. The highest BCUT2D eigenvalue weighted by Gasteiger charge is 2.37. The van der Waals surface area contributed by atoms with Crippen LogP contribution in [0.25, 0.3) is 0 Å². The number of aliphatic hydroxyl groups is 1. The minimum atomic E-state index is 0.171. The molecule has 0 unspecified atom stereocenters. The van der Waals surface area contributed by atoms with E-state index in [9.17, 15) is 5.11 Å². The monoisotopic (exact) mass is 128 g/mol. The third-order valence-corrected chi connectivity index (χ3v) is 2.26. The number of nitrogens with zero attached hydrogens (tertiary/aromatic N) is 1. The van der Waals surface area contributed by atoms with Crippen molar-refractivity contribution < 1.29 is 9.68 Å². The summed E-state index contributed by atoms with van der Waals surface area (Å²) in [6, 6.07) is 0. The lowest BCUT2D eigenvalue weighted by molar-refractivity contribution is -0.572. The van der Waals surface area contributed by atoms with Gasteiger partial charge in [0.05, 0.1) is 6.42 Å². The maximum Gasteiger partial charge on any atom is 0.334 e. The lowest BCUT2D eigenvalue weighted by atomic mass is 10.0. The van der Waals surface area contributed by atoms with E-state index in [1.165, 1.54) is 0 Å². The molecule has 2 nitrogen and oxygen atoms in total. The number of aliphatic hydroxyl groups excluding tert-OH is 1. The van der Waals surface area contributed by atoms with Crippen molar-refractivity contribution in [3.05, 3.63) is 0 Å². The van der Waals surface area contributed by atoms with Crippen molar-refractivity contribution in [3.63, 3.8) is 0 Å². The lowest BCUT2D eigenvalue weighted by Crippen LogP contribution is -2.30. The molecule has 0 spiro atoms. The van der Waals surface area contributed by atoms with Crippen LogP contribution in [0.4, 0.5) is 0 Å². The van der Waals surface area contributed by atoms with Gasteiger partial charge in [-0.1, -0.05) is 0 Å². The van der Waals surface area contributed by atoms with Gasteiger partial charge in [0.2, 0.25) is 0 Å². The quantitative estimate of drug-likeness (QED) is 0.486. The molecule has 1 aliphatic rings. The second-order valence-corrected chi connectivity index (χ2v) is 3.29. The van der Waals surface area contributed by atoms with Gasteiger partial charge in [-0.05, 0) is 0 Å². The van der Waals surface area contributed by atoms with Crippen LogP contribution in [-0.2, 0) is 0 Å². The normalized spacial score (nSPS) is 25.2. The minimum absolute atomic E-state index is 0.171. The molecule has 0 aliphatic carbocycles. The number of hydrogen-bond donors (Lipinski definition) is 1. The van der Waals surface area contributed by atoms with E-state index in [0.717, 1.165) is 12.8 Å². The van der Waals surface area contributed by atoms with Crippen molar-refractivity contribution in [2.75, 3.05) is 7.05 Å². The summed E-state index contributed by atoms with van der Waals surface area (Å²) in [5.74, 6) is 0.528. The summed E-state index contributed by atoms with van der Waals surface area (Å²) in [4.78, 5) is 0. The van der Waals surface area contributed by atoms with E-state index in [4.69, 9.17) is 0 Å². The van der Waals surface area contributed by atoms with Crippen LogP contribution in [0, 0.1) is 0 Å².